The molecule has 0 spiro atoms. The summed E-state index contributed by atoms with van der Waals surface area (Å²) in [5.74, 6) is 0. The molecule has 3 heterocycles. The molecule has 0 unspecified atom stereocenters. The van der Waals surface area contributed by atoms with E-state index in [9.17, 15) is 0 Å². The predicted octanol–water partition coefficient (Wildman–Crippen LogP) is 4.24. The molecule has 3 aromatic rings. The predicted molar refractivity (Wildman–Crippen MR) is 90.8 cm³/mol. The first-order valence-corrected chi connectivity index (χ1v) is 8.95. The van der Waals surface area contributed by atoms with Crippen LogP contribution < -0.4 is 5.32 Å². The van der Waals surface area contributed by atoms with E-state index in [1.807, 2.05) is 30.1 Å². The second kappa shape index (κ2) is 7.54. The van der Waals surface area contributed by atoms with Gasteiger partial charge in [-0.2, -0.15) is 0 Å². The van der Waals surface area contributed by atoms with Crippen LogP contribution in [-0.2, 0) is 13.1 Å². The van der Waals surface area contributed by atoms with Crippen molar-refractivity contribution in [3.05, 3.63) is 52.6 Å². The molecule has 0 bridgehead atoms. The minimum absolute atomic E-state index is 0.973. The van der Waals surface area contributed by atoms with Crippen LogP contribution in [0.3, 0.4) is 0 Å². The molecule has 0 atom stereocenters. The third kappa shape index (κ3) is 4.27. The molecule has 0 aromatic carbocycles. The molecule has 0 aliphatic heterocycles. The summed E-state index contributed by atoms with van der Waals surface area (Å²) in [4.78, 5) is 6.82. The molecule has 5 heteroatoms. The highest BCUT2D eigenvalue weighted by atomic mass is 32.1. The highest BCUT2D eigenvalue weighted by Crippen LogP contribution is 2.29. The number of imidazole rings is 1. The van der Waals surface area contributed by atoms with Crippen molar-refractivity contribution >= 4 is 22.7 Å². The Kier molecular flexibility index (Phi) is 5.21. The molecule has 110 valence electrons. The van der Waals surface area contributed by atoms with Crippen LogP contribution >= 0.6 is 22.7 Å². The number of hydrogen-bond donors (Lipinski definition) is 1. The third-order valence-corrected chi connectivity index (χ3v) is 5.19. The second-order valence-electron chi connectivity index (χ2n) is 4.96. The van der Waals surface area contributed by atoms with Crippen LogP contribution in [0.5, 0.6) is 0 Å². The zero-order valence-corrected chi connectivity index (χ0v) is 13.5. The van der Waals surface area contributed by atoms with Crippen LogP contribution in [0.4, 0.5) is 0 Å². The second-order valence-corrected chi connectivity index (χ2v) is 6.91. The normalized spacial score (nSPS) is 11.0. The summed E-state index contributed by atoms with van der Waals surface area (Å²) in [5, 5.41) is 7.91. The molecule has 0 saturated heterocycles. The van der Waals surface area contributed by atoms with Crippen LogP contribution in [0.1, 0.15) is 17.7 Å². The van der Waals surface area contributed by atoms with Crippen LogP contribution in [0, 0.1) is 0 Å². The maximum atomic E-state index is 4.05. The fraction of sp³-hybridized carbons (Fsp3) is 0.312. The molecular formula is C16H19N3S2. The molecule has 0 radical (unpaired) electrons. The topological polar surface area (TPSA) is 29.9 Å². The Morgan fingerprint density at radius 2 is 2.24 bits per heavy atom. The summed E-state index contributed by atoms with van der Waals surface area (Å²) >= 11 is 3.64. The van der Waals surface area contributed by atoms with Gasteiger partial charge in [0.15, 0.2) is 0 Å². The number of nitrogens with one attached hydrogen (secondary N) is 1. The van der Waals surface area contributed by atoms with Gasteiger partial charge >= 0.3 is 0 Å². The Labute approximate surface area is 133 Å². The molecule has 0 fully saturated rings. The molecule has 0 aliphatic rings. The molecule has 0 aliphatic carbocycles. The van der Waals surface area contributed by atoms with Gasteiger partial charge in [0.1, 0.15) is 0 Å². The minimum Gasteiger partial charge on any atom is -0.337 e. The highest BCUT2D eigenvalue weighted by molar-refractivity contribution is 7.14. The van der Waals surface area contributed by atoms with Gasteiger partial charge in [0.2, 0.25) is 0 Å². The first-order valence-electron chi connectivity index (χ1n) is 7.19. The van der Waals surface area contributed by atoms with E-state index in [0.717, 1.165) is 19.6 Å². The van der Waals surface area contributed by atoms with Crippen molar-refractivity contribution in [2.75, 3.05) is 6.54 Å². The number of aryl methyl sites for hydroxylation is 1. The fourth-order valence-corrected chi connectivity index (χ4v) is 3.86. The fourth-order valence-electron chi connectivity index (χ4n) is 2.22. The lowest BCUT2D eigenvalue weighted by atomic mass is 10.2. The monoisotopic (exact) mass is 317 g/mol. The van der Waals surface area contributed by atoms with Crippen LogP contribution in [0.15, 0.2) is 47.7 Å². The number of hydrogen-bond acceptors (Lipinski definition) is 4. The van der Waals surface area contributed by atoms with Gasteiger partial charge in [-0.15, -0.1) is 22.7 Å². The Morgan fingerprint density at radius 1 is 1.24 bits per heavy atom. The Balaban J connectivity index is 1.34. The summed E-state index contributed by atoms with van der Waals surface area (Å²) in [7, 11) is 0. The van der Waals surface area contributed by atoms with Crippen LogP contribution in [-0.4, -0.2) is 16.1 Å². The van der Waals surface area contributed by atoms with Crippen LogP contribution in [0.2, 0.25) is 0 Å². The van der Waals surface area contributed by atoms with Gasteiger partial charge in [-0.25, -0.2) is 4.98 Å². The number of rotatable bonds is 8. The smallest absolute Gasteiger partial charge is 0.0945 e. The van der Waals surface area contributed by atoms with Crippen molar-refractivity contribution in [3.63, 3.8) is 0 Å². The molecule has 3 aromatic heterocycles. The van der Waals surface area contributed by atoms with Crippen molar-refractivity contribution in [1.82, 2.24) is 14.9 Å². The average Bonchev–Trinajstić information content (AvgIpc) is 3.23. The average molecular weight is 317 g/mol. The minimum atomic E-state index is 0.973. The first-order chi connectivity index (χ1) is 10.4. The lowest BCUT2D eigenvalue weighted by Gasteiger charge is -2.04. The van der Waals surface area contributed by atoms with Crippen molar-refractivity contribution < 1.29 is 0 Å². The summed E-state index contributed by atoms with van der Waals surface area (Å²) in [6.07, 6.45) is 8.12. The van der Waals surface area contributed by atoms with Crippen molar-refractivity contribution in [3.8, 4) is 10.4 Å². The van der Waals surface area contributed by atoms with Gasteiger partial charge in [0.25, 0.3) is 0 Å². The number of thiophene rings is 2. The van der Waals surface area contributed by atoms with Gasteiger partial charge in [-0.05, 0) is 42.3 Å². The van der Waals surface area contributed by atoms with Crippen molar-refractivity contribution in [2.24, 2.45) is 0 Å². The molecule has 3 nitrogen and oxygen atoms in total. The summed E-state index contributed by atoms with van der Waals surface area (Å²) in [6, 6.07) is 6.59. The maximum Gasteiger partial charge on any atom is 0.0945 e. The van der Waals surface area contributed by atoms with E-state index in [0.29, 0.717) is 0 Å². The first kappa shape index (κ1) is 14.5. The molecule has 3 rings (SSSR count). The molecule has 21 heavy (non-hydrogen) atoms. The Bertz CT molecular complexity index is 626. The lowest BCUT2D eigenvalue weighted by Crippen LogP contribution is -2.14. The zero-order chi connectivity index (χ0) is 14.3. The van der Waals surface area contributed by atoms with E-state index in [-0.39, 0.29) is 0 Å². The highest BCUT2D eigenvalue weighted by Gasteiger charge is 2.02. The van der Waals surface area contributed by atoms with E-state index in [2.05, 4.69) is 43.8 Å². The summed E-state index contributed by atoms with van der Waals surface area (Å²) < 4.78 is 2.13. The summed E-state index contributed by atoms with van der Waals surface area (Å²) in [6.45, 7) is 3.10. The number of aromatic nitrogens is 2. The van der Waals surface area contributed by atoms with Gasteiger partial charge in [-0.3, -0.25) is 0 Å². The zero-order valence-electron chi connectivity index (χ0n) is 11.9. The Hall–Kier alpha value is -1.43. The van der Waals surface area contributed by atoms with Gasteiger partial charge in [-0.1, -0.05) is 6.07 Å². The van der Waals surface area contributed by atoms with Crippen molar-refractivity contribution in [1.29, 1.82) is 0 Å². The molecule has 0 amide bonds. The number of nitrogens with zero attached hydrogens (tertiary/aromatic N) is 2. The quantitative estimate of drug-likeness (QED) is 0.630. The van der Waals surface area contributed by atoms with Gasteiger partial charge in [0.05, 0.1) is 6.33 Å². The van der Waals surface area contributed by atoms with Gasteiger partial charge < -0.3 is 9.88 Å². The van der Waals surface area contributed by atoms with E-state index in [1.54, 1.807) is 11.3 Å². The van der Waals surface area contributed by atoms with E-state index in [1.165, 1.54) is 28.2 Å². The standard InChI is InChI=1S/C16H19N3S2/c1(2-7-19-8-6-18-13-19)5-17-11-15-10-14(12-21-15)16-4-3-9-20-16/h3-4,6,8-10,12-13,17H,1-2,5,7,11H2. The SMILES string of the molecule is c1csc(-c2csc(CNCCCCn3ccnc3)c2)c1. The molecule has 0 saturated carbocycles. The van der Waals surface area contributed by atoms with Gasteiger partial charge in [0, 0.05) is 40.8 Å². The molecule has 1 N–H and O–H groups in total. The summed E-state index contributed by atoms with van der Waals surface area (Å²) in [5.41, 5.74) is 1.35. The Morgan fingerprint density at radius 3 is 3.05 bits per heavy atom. The van der Waals surface area contributed by atoms with E-state index >= 15 is 0 Å². The van der Waals surface area contributed by atoms with E-state index in [4.69, 9.17) is 0 Å². The third-order valence-electron chi connectivity index (χ3n) is 3.34. The van der Waals surface area contributed by atoms with Crippen molar-refractivity contribution in [2.45, 2.75) is 25.9 Å². The molecular weight excluding hydrogens is 298 g/mol. The lowest BCUT2D eigenvalue weighted by molar-refractivity contribution is 0.570. The number of unbranched alkanes of at least 4 members (excludes halogenated alkanes) is 1. The largest absolute Gasteiger partial charge is 0.337 e. The van der Waals surface area contributed by atoms with E-state index < -0.39 is 0 Å². The van der Waals surface area contributed by atoms with Crippen LogP contribution in [0.25, 0.3) is 10.4 Å². The maximum absolute atomic E-state index is 4.05.